The number of benzene rings is 2. The SMILES string of the molecule is CCN1CC(CN(C)CC(=O)NCc2ccccc2Cl)Oc2ccccc21. The molecule has 2 aromatic carbocycles. The molecule has 0 spiro atoms. The van der Waals surface area contributed by atoms with Crippen LogP contribution in [0.1, 0.15) is 12.5 Å². The molecule has 0 fully saturated rings. The van der Waals surface area contributed by atoms with E-state index in [1.54, 1.807) is 0 Å². The molecule has 1 unspecified atom stereocenters. The summed E-state index contributed by atoms with van der Waals surface area (Å²) in [7, 11) is 1.94. The second-order valence-corrected chi connectivity index (χ2v) is 7.22. The lowest BCUT2D eigenvalue weighted by atomic mass is 10.2. The van der Waals surface area contributed by atoms with E-state index in [9.17, 15) is 4.79 Å². The molecule has 1 atom stereocenters. The van der Waals surface area contributed by atoms with Crippen LogP contribution in [0.5, 0.6) is 5.75 Å². The first-order chi connectivity index (χ1) is 13.1. The maximum atomic E-state index is 12.3. The summed E-state index contributed by atoms with van der Waals surface area (Å²) in [4.78, 5) is 16.6. The average Bonchev–Trinajstić information content (AvgIpc) is 2.66. The Kier molecular flexibility index (Phi) is 6.58. The quantitative estimate of drug-likeness (QED) is 0.792. The van der Waals surface area contributed by atoms with Gasteiger partial charge in [0.25, 0.3) is 0 Å². The largest absolute Gasteiger partial charge is 0.485 e. The van der Waals surface area contributed by atoms with Crippen molar-refractivity contribution in [2.45, 2.75) is 19.6 Å². The van der Waals surface area contributed by atoms with Gasteiger partial charge in [0, 0.05) is 24.7 Å². The van der Waals surface area contributed by atoms with Gasteiger partial charge in [0.15, 0.2) is 0 Å². The van der Waals surface area contributed by atoms with Crippen LogP contribution in [0.2, 0.25) is 5.02 Å². The highest BCUT2D eigenvalue weighted by atomic mass is 35.5. The van der Waals surface area contributed by atoms with Gasteiger partial charge >= 0.3 is 0 Å². The molecule has 0 bridgehead atoms. The highest BCUT2D eigenvalue weighted by Crippen LogP contribution is 2.32. The van der Waals surface area contributed by atoms with Gasteiger partial charge in [-0.3, -0.25) is 9.69 Å². The molecular weight excluding hydrogens is 362 g/mol. The van der Waals surface area contributed by atoms with Crippen molar-refractivity contribution in [3.05, 3.63) is 59.1 Å². The van der Waals surface area contributed by atoms with Crippen LogP contribution in [0.15, 0.2) is 48.5 Å². The molecule has 0 radical (unpaired) electrons. The molecule has 1 aliphatic rings. The third-order valence-corrected chi connectivity index (χ3v) is 5.04. The van der Waals surface area contributed by atoms with Crippen molar-refractivity contribution in [1.82, 2.24) is 10.2 Å². The van der Waals surface area contributed by atoms with E-state index >= 15 is 0 Å². The zero-order chi connectivity index (χ0) is 19.2. The molecule has 1 amide bonds. The second kappa shape index (κ2) is 9.11. The van der Waals surface area contributed by atoms with E-state index in [2.05, 4.69) is 23.2 Å². The molecule has 6 heteroatoms. The lowest BCUT2D eigenvalue weighted by molar-refractivity contribution is -0.122. The van der Waals surface area contributed by atoms with Crippen molar-refractivity contribution in [2.24, 2.45) is 0 Å². The van der Waals surface area contributed by atoms with Gasteiger partial charge in [-0.1, -0.05) is 41.9 Å². The summed E-state index contributed by atoms with van der Waals surface area (Å²) in [6, 6.07) is 15.6. The van der Waals surface area contributed by atoms with Crippen molar-refractivity contribution in [3.63, 3.8) is 0 Å². The van der Waals surface area contributed by atoms with Crippen LogP contribution in [0, 0.1) is 0 Å². The Labute approximate surface area is 165 Å². The van der Waals surface area contributed by atoms with Gasteiger partial charge < -0.3 is 15.0 Å². The molecule has 144 valence electrons. The maximum Gasteiger partial charge on any atom is 0.234 e. The maximum absolute atomic E-state index is 12.3. The molecule has 0 aliphatic carbocycles. The van der Waals surface area contributed by atoms with Gasteiger partial charge in [0.05, 0.1) is 18.8 Å². The Morgan fingerprint density at radius 2 is 2.00 bits per heavy atom. The van der Waals surface area contributed by atoms with Crippen molar-refractivity contribution in [2.75, 3.05) is 38.1 Å². The van der Waals surface area contributed by atoms with Crippen LogP contribution < -0.4 is 15.0 Å². The third-order valence-electron chi connectivity index (χ3n) is 4.67. The first-order valence-corrected chi connectivity index (χ1v) is 9.64. The van der Waals surface area contributed by atoms with Crippen LogP contribution in [0.25, 0.3) is 0 Å². The lowest BCUT2D eigenvalue weighted by Gasteiger charge is -2.37. The normalized spacial score (nSPS) is 16.0. The number of nitrogens with zero attached hydrogens (tertiary/aromatic N) is 2. The molecule has 0 saturated heterocycles. The van der Waals surface area contributed by atoms with E-state index in [0.29, 0.717) is 24.7 Å². The summed E-state index contributed by atoms with van der Waals surface area (Å²) < 4.78 is 6.13. The van der Waals surface area contributed by atoms with Crippen LogP contribution in [0.3, 0.4) is 0 Å². The Morgan fingerprint density at radius 3 is 2.78 bits per heavy atom. The fourth-order valence-corrected chi connectivity index (χ4v) is 3.52. The average molecular weight is 388 g/mol. The number of rotatable bonds is 7. The van der Waals surface area contributed by atoms with Crippen molar-refractivity contribution in [1.29, 1.82) is 0 Å². The number of fused-ring (bicyclic) bond motifs is 1. The molecular formula is C21H26ClN3O2. The lowest BCUT2D eigenvalue weighted by Crippen LogP contribution is -2.47. The molecule has 0 aromatic heterocycles. The summed E-state index contributed by atoms with van der Waals surface area (Å²) in [6.45, 7) is 5.33. The van der Waals surface area contributed by atoms with Crippen LogP contribution in [-0.2, 0) is 11.3 Å². The van der Waals surface area contributed by atoms with Crippen LogP contribution in [0.4, 0.5) is 5.69 Å². The Bertz CT molecular complexity index is 784. The van der Waals surface area contributed by atoms with Gasteiger partial charge in [-0.25, -0.2) is 0 Å². The Hall–Kier alpha value is -2.24. The van der Waals surface area contributed by atoms with Gasteiger partial charge in [-0.2, -0.15) is 0 Å². The van der Waals surface area contributed by atoms with Gasteiger partial charge in [-0.05, 0) is 37.7 Å². The summed E-state index contributed by atoms with van der Waals surface area (Å²) in [6.07, 6.45) is 0.0289. The fraction of sp³-hybridized carbons (Fsp3) is 0.381. The van der Waals surface area contributed by atoms with E-state index in [1.165, 1.54) is 0 Å². The monoisotopic (exact) mass is 387 g/mol. The smallest absolute Gasteiger partial charge is 0.234 e. The highest BCUT2D eigenvalue weighted by Gasteiger charge is 2.25. The number of hydrogen-bond acceptors (Lipinski definition) is 4. The minimum Gasteiger partial charge on any atom is -0.485 e. The number of nitrogens with one attached hydrogen (secondary N) is 1. The fourth-order valence-electron chi connectivity index (χ4n) is 3.32. The van der Waals surface area contributed by atoms with E-state index < -0.39 is 0 Å². The summed E-state index contributed by atoms with van der Waals surface area (Å²) in [5.74, 6) is 0.883. The minimum atomic E-state index is -0.0269. The van der Waals surface area contributed by atoms with E-state index in [0.717, 1.165) is 30.1 Å². The van der Waals surface area contributed by atoms with Gasteiger partial charge in [-0.15, -0.1) is 0 Å². The van der Waals surface area contributed by atoms with Crippen molar-refractivity contribution < 1.29 is 9.53 Å². The topological polar surface area (TPSA) is 44.8 Å². The number of para-hydroxylation sites is 2. The van der Waals surface area contributed by atoms with Crippen LogP contribution in [-0.4, -0.2) is 50.1 Å². The molecule has 2 aromatic rings. The van der Waals surface area contributed by atoms with Crippen molar-refractivity contribution in [3.8, 4) is 5.75 Å². The number of carbonyl (C=O) groups is 1. The highest BCUT2D eigenvalue weighted by molar-refractivity contribution is 6.31. The molecule has 1 aliphatic heterocycles. The molecule has 3 rings (SSSR count). The predicted octanol–water partition coefficient (Wildman–Crippen LogP) is 3.18. The standard InChI is InChI=1S/C21H26ClN3O2/c1-3-25-14-17(27-20-11-7-6-10-19(20)25)13-24(2)15-21(26)23-12-16-8-4-5-9-18(16)22/h4-11,17H,3,12-15H2,1-2H3,(H,23,26). The number of hydrogen-bond donors (Lipinski definition) is 1. The minimum absolute atomic E-state index is 0.0269. The second-order valence-electron chi connectivity index (χ2n) is 6.81. The number of likely N-dealkylation sites (N-methyl/N-ethyl adjacent to an activating group) is 2. The molecule has 1 heterocycles. The van der Waals surface area contributed by atoms with Crippen LogP contribution >= 0.6 is 11.6 Å². The summed E-state index contributed by atoms with van der Waals surface area (Å²) in [5.41, 5.74) is 2.05. The zero-order valence-electron chi connectivity index (χ0n) is 15.8. The Balaban J connectivity index is 1.50. The molecule has 1 N–H and O–H groups in total. The van der Waals surface area contributed by atoms with Gasteiger partial charge in [0.2, 0.25) is 5.91 Å². The number of carbonyl (C=O) groups excluding carboxylic acids is 1. The first-order valence-electron chi connectivity index (χ1n) is 9.26. The van der Waals surface area contributed by atoms with Gasteiger partial charge in [0.1, 0.15) is 11.9 Å². The number of amides is 1. The predicted molar refractivity (Wildman–Crippen MR) is 110 cm³/mol. The van der Waals surface area contributed by atoms with E-state index in [-0.39, 0.29) is 12.0 Å². The Morgan fingerprint density at radius 1 is 1.26 bits per heavy atom. The number of ether oxygens (including phenoxy) is 1. The van der Waals surface area contributed by atoms with E-state index in [1.807, 2.05) is 54.4 Å². The summed E-state index contributed by atoms with van der Waals surface area (Å²) >= 11 is 6.13. The molecule has 27 heavy (non-hydrogen) atoms. The number of halogens is 1. The summed E-state index contributed by atoms with van der Waals surface area (Å²) in [5, 5.41) is 3.59. The van der Waals surface area contributed by atoms with Crippen molar-refractivity contribution >= 4 is 23.2 Å². The number of anilines is 1. The van der Waals surface area contributed by atoms with E-state index in [4.69, 9.17) is 16.3 Å². The molecule has 0 saturated carbocycles. The first kappa shape index (κ1) is 19.5. The third kappa shape index (κ3) is 5.15. The molecule has 5 nitrogen and oxygen atoms in total. The zero-order valence-corrected chi connectivity index (χ0v) is 16.6.